The van der Waals surface area contributed by atoms with Crippen molar-refractivity contribution in [3.8, 4) is 0 Å². The number of nitrogens with zero attached hydrogens (tertiary/aromatic N) is 2. The largest absolute Gasteiger partial charge is 0.491 e. The Balaban J connectivity index is 1.52. The zero-order valence-electron chi connectivity index (χ0n) is 49.5. The zero-order valence-corrected chi connectivity index (χ0v) is 49.5. The molecule has 3 aliphatic heterocycles. The Bertz CT molecular complexity index is 2190. The summed E-state index contributed by atoms with van der Waals surface area (Å²) in [4.78, 5) is 83.3. The SMILES string of the molecule is CN(C(=O)OC(C)(C)C)[C@@H]1[C@@H](O)[C@@H](O[C@H]2[C@H](NC(=O)C3(O)CCN(C(=O)OC(C)(C)C)C3)C[C@H](NC(=O)OC(C)(C)C)C([C@H]3OC(CNCC4CC(NC(=O)OC(C)(C)C)C4)=CC[C@H]3NC(=O)OC(C)(C)C)[C@@H]2O)OC[C@]1(C)O. The quantitative estimate of drug-likeness (QED) is 0.119. The van der Waals surface area contributed by atoms with Crippen LogP contribution >= 0.6 is 0 Å². The first-order valence-electron chi connectivity index (χ1n) is 27.4. The molecular formula is C54H93N7O18. The molecule has 5 rings (SSSR count). The van der Waals surface area contributed by atoms with Gasteiger partial charge in [-0.2, -0.15) is 0 Å². The van der Waals surface area contributed by atoms with Crippen LogP contribution in [0.5, 0.6) is 0 Å². The number of aliphatic hydroxyl groups is 4. The molecule has 2 saturated heterocycles. The predicted octanol–water partition coefficient (Wildman–Crippen LogP) is 3.67. The molecule has 2 aliphatic carbocycles. The first-order valence-corrected chi connectivity index (χ1v) is 27.4. The number of hydrogen-bond acceptors (Lipinski definition) is 19. The van der Waals surface area contributed by atoms with E-state index in [4.69, 9.17) is 37.9 Å². The maximum Gasteiger partial charge on any atom is 0.410 e. The number of likely N-dealkylation sites (N-methyl/N-ethyl adjacent to an activating group) is 1. The molecule has 2 saturated carbocycles. The maximum absolute atomic E-state index is 14.5. The van der Waals surface area contributed by atoms with Crippen molar-refractivity contribution in [2.75, 3.05) is 39.8 Å². The first kappa shape index (κ1) is 64.9. The normalized spacial score (nSPS) is 32.4. The summed E-state index contributed by atoms with van der Waals surface area (Å²) in [7, 11) is 1.33. The Kier molecular flexibility index (Phi) is 20.3. The van der Waals surface area contributed by atoms with Crippen LogP contribution in [0.4, 0.5) is 24.0 Å². The molecule has 2 unspecified atom stereocenters. The van der Waals surface area contributed by atoms with Crippen LogP contribution in [0.1, 0.15) is 143 Å². The minimum Gasteiger partial charge on any atom is -0.491 e. The van der Waals surface area contributed by atoms with Gasteiger partial charge in [-0.25, -0.2) is 24.0 Å². The minimum absolute atomic E-state index is 0.0478. The fourth-order valence-electron chi connectivity index (χ4n) is 10.3. The predicted molar refractivity (Wildman–Crippen MR) is 285 cm³/mol. The van der Waals surface area contributed by atoms with Crippen LogP contribution in [0.15, 0.2) is 11.8 Å². The van der Waals surface area contributed by atoms with Crippen LogP contribution in [-0.4, -0.2) is 207 Å². The summed E-state index contributed by atoms with van der Waals surface area (Å²) in [6.07, 6.45) is -9.21. The van der Waals surface area contributed by atoms with Gasteiger partial charge in [0, 0.05) is 38.0 Å². The summed E-state index contributed by atoms with van der Waals surface area (Å²) in [5.74, 6) is -1.60. The van der Waals surface area contributed by atoms with Gasteiger partial charge < -0.3 is 94.7 Å². The molecule has 79 heavy (non-hydrogen) atoms. The smallest absolute Gasteiger partial charge is 0.410 e. The zero-order chi connectivity index (χ0) is 59.6. The van der Waals surface area contributed by atoms with Crippen LogP contribution in [0.2, 0.25) is 0 Å². The van der Waals surface area contributed by atoms with Gasteiger partial charge in [0.1, 0.15) is 57.7 Å². The number of alkyl carbamates (subject to hydrolysis) is 3. The number of β-amino-alcohol motifs (C(OH)–C–C–N with tert-alkyl or cyclic N) is 1. The molecule has 0 spiro atoms. The molecule has 12 atom stereocenters. The number of ether oxygens (including phenoxy) is 8. The molecule has 3 heterocycles. The molecule has 0 aromatic carbocycles. The highest BCUT2D eigenvalue weighted by Crippen LogP contribution is 2.40. The van der Waals surface area contributed by atoms with Crippen LogP contribution in [-0.2, 0) is 42.7 Å². The van der Waals surface area contributed by atoms with E-state index in [1.54, 1.807) is 110 Å². The summed E-state index contributed by atoms with van der Waals surface area (Å²) in [6, 6.07) is -4.97. The summed E-state index contributed by atoms with van der Waals surface area (Å²) in [5, 5.41) is 63.7. The fourth-order valence-corrected chi connectivity index (χ4v) is 10.3. The van der Waals surface area contributed by atoms with Crippen molar-refractivity contribution in [1.82, 2.24) is 36.4 Å². The summed E-state index contributed by atoms with van der Waals surface area (Å²) in [5.41, 5.74) is -8.48. The van der Waals surface area contributed by atoms with Crippen molar-refractivity contribution in [3.63, 3.8) is 0 Å². The second-order valence-corrected chi connectivity index (χ2v) is 27.0. The van der Waals surface area contributed by atoms with Gasteiger partial charge in [-0.05, 0) is 155 Å². The molecule has 0 radical (unpaired) electrons. The van der Waals surface area contributed by atoms with Gasteiger partial charge in [-0.15, -0.1) is 0 Å². The van der Waals surface area contributed by atoms with Gasteiger partial charge >= 0.3 is 30.5 Å². The van der Waals surface area contributed by atoms with E-state index in [1.807, 2.05) is 0 Å². The number of carbonyl (C=O) groups is 6. The Morgan fingerprint density at radius 1 is 0.709 bits per heavy atom. The third-order valence-electron chi connectivity index (χ3n) is 13.7. The third kappa shape index (κ3) is 18.8. The topological polar surface area (TPSA) is 324 Å². The monoisotopic (exact) mass is 1130 g/mol. The lowest BCUT2D eigenvalue weighted by atomic mass is 9.72. The number of amides is 6. The second-order valence-electron chi connectivity index (χ2n) is 27.0. The van der Waals surface area contributed by atoms with Gasteiger partial charge in [0.15, 0.2) is 11.9 Å². The number of aliphatic hydroxyl groups excluding tert-OH is 2. The van der Waals surface area contributed by atoms with E-state index in [0.29, 0.717) is 25.1 Å². The van der Waals surface area contributed by atoms with E-state index in [2.05, 4.69) is 26.6 Å². The Morgan fingerprint density at radius 3 is 1.78 bits per heavy atom. The van der Waals surface area contributed by atoms with Gasteiger partial charge in [-0.1, -0.05) is 0 Å². The molecule has 0 bridgehead atoms. The molecule has 9 N–H and O–H groups in total. The molecule has 6 amide bonds. The number of carbonyl (C=O) groups excluding carboxylic acids is 6. The van der Waals surface area contributed by atoms with Crippen molar-refractivity contribution in [2.45, 2.75) is 243 Å². The van der Waals surface area contributed by atoms with E-state index in [0.717, 1.165) is 4.90 Å². The van der Waals surface area contributed by atoms with Crippen molar-refractivity contribution in [3.05, 3.63) is 11.8 Å². The highest BCUT2D eigenvalue weighted by Gasteiger charge is 2.58. The maximum atomic E-state index is 14.5. The number of rotatable bonds is 13. The standard InChI is InChI=1S/C54H93N7O18/c1-48(2,3)75-43(65)56-30-22-29(23-30)25-55-26-31-18-19-32(58-44(66)76-49(4,5)6)38(73-31)35-33(59-45(67)77-50(7,8)9)24-34(57-42(64)54(71)20-21-61(27-54)47(69)79-52(13,14)15)39(36(35)62)74-41-37(63)40(53(16,70)28-72-41)60(17)46(68)78-51(10,11)12/h18,29-30,32-41,55,62-63,70-71H,19-28H2,1-17H3,(H,56,65)(H,57,64)(H,58,66)(H,59,67)/t29?,30?,32-,33+,34-,35?,36+,37-,38+,39+,40-,41-,53+,54?/m1/s1. The summed E-state index contributed by atoms with van der Waals surface area (Å²) in [6.45, 7) is 26.5. The second kappa shape index (κ2) is 24.7. The Hall–Kier alpha value is -4.92. The number of hydrogen-bond donors (Lipinski definition) is 9. The first-order chi connectivity index (χ1) is 36.0. The van der Waals surface area contributed by atoms with Gasteiger partial charge in [-0.3, -0.25) is 4.79 Å². The van der Waals surface area contributed by atoms with E-state index < -0.39 is 150 Å². The average Bonchev–Trinajstić information content (AvgIpc) is 3.65. The molecule has 4 fully saturated rings. The lowest BCUT2D eigenvalue weighted by Crippen LogP contribution is -2.71. The summed E-state index contributed by atoms with van der Waals surface area (Å²) < 4.78 is 47.3. The van der Waals surface area contributed by atoms with Crippen molar-refractivity contribution in [1.29, 1.82) is 0 Å². The molecule has 5 aliphatic rings. The number of nitrogens with one attached hydrogen (secondary N) is 5. The van der Waals surface area contributed by atoms with E-state index in [-0.39, 0.29) is 44.3 Å². The van der Waals surface area contributed by atoms with E-state index in [1.165, 1.54) is 18.9 Å². The fraction of sp³-hybridized carbons (Fsp3) is 0.852. The van der Waals surface area contributed by atoms with Gasteiger partial charge in [0.25, 0.3) is 5.91 Å². The highest BCUT2D eigenvalue weighted by molar-refractivity contribution is 5.87. The molecule has 452 valence electrons. The molecule has 0 aromatic rings. The lowest BCUT2D eigenvalue weighted by molar-refractivity contribution is -0.306. The van der Waals surface area contributed by atoms with Crippen molar-refractivity contribution in [2.24, 2.45) is 11.8 Å². The van der Waals surface area contributed by atoms with E-state index in [9.17, 15) is 49.2 Å². The van der Waals surface area contributed by atoms with Crippen LogP contribution < -0.4 is 26.6 Å². The van der Waals surface area contributed by atoms with Crippen molar-refractivity contribution < 1.29 is 87.1 Å². The third-order valence-corrected chi connectivity index (χ3v) is 13.7. The molecule has 0 aromatic heterocycles. The van der Waals surface area contributed by atoms with E-state index >= 15 is 0 Å². The minimum atomic E-state index is -2.19. The number of likely N-dealkylation sites (tertiary alicyclic amines) is 1. The molecular weight excluding hydrogens is 1030 g/mol. The molecule has 25 nitrogen and oxygen atoms in total. The van der Waals surface area contributed by atoms with Gasteiger partial charge in [0.05, 0.1) is 43.9 Å². The van der Waals surface area contributed by atoms with Crippen LogP contribution in [0.3, 0.4) is 0 Å². The van der Waals surface area contributed by atoms with Crippen LogP contribution in [0, 0.1) is 11.8 Å². The Labute approximate surface area is 465 Å². The van der Waals surface area contributed by atoms with Gasteiger partial charge in [0.2, 0.25) is 0 Å². The van der Waals surface area contributed by atoms with Crippen LogP contribution in [0.25, 0.3) is 0 Å². The van der Waals surface area contributed by atoms with Crippen molar-refractivity contribution >= 4 is 36.4 Å². The summed E-state index contributed by atoms with van der Waals surface area (Å²) >= 11 is 0. The highest BCUT2D eigenvalue weighted by atomic mass is 16.7. The lowest BCUT2D eigenvalue weighted by Gasteiger charge is -2.52. The Morgan fingerprint density at radius 2 is 1.24 bits per heavy atom. The average molecular weight is 1130 g/mol. The molecule has 25 heteroatoms.